The molecule has 1 aliphatic heterocycles. The number of nitrogens with one attached hydrogen (secondary N) is 1. The molecule has 0 bridgehead atoms. The minimum Gasteiger partial charge on any atom is -0.351 e. The highest BCUT2D eigenvalue weighted by molar-refractivity contribution is 8.00. The van der Waals surface area contributed by atoms with E-state index in [2.05, 4.69) is 15.4 Å². The van der Waals surface area contributed by atoms with Gasteiger partial charge in [-0.05, 0) is 72.5 Å². The molecule has 0 unspecified atom stereocenters. The molecule has 182 valence electrons. The van der Waals surface area contributed by atoms with Gasteiger partial charge in [-0.25, -0.2) is 4.68 Å². The summed E-state index contributed by atoms with van der Waals surface area (Å²) in [6.45, 7) is 3.55. The number of thioether (sulfide) groups is 1. The minimum atomic E-state index is -0.00738. The van der Waals surface area contributed by atoms with Crippen LogP contribution in [0.15, 0.2) is 84.1 Å². The lowest BCUT2D eigenvalue weighted by atomic mass is 9.94. The molecule has 2 aromatic heterocycles. The Hall–Kier alpha value is -3.91. The van der Waals surface area contributed by atoms with Crippen molar-refractivity contribution in [3.8, 4) is 5.69 Å². The maximum absolute atomic E-state index is 13.2. The molecule has 0 radical (unpaired) electrons. The van der Waals surface area contributed by atoms with E-state index < -0.39 is 0 Å². The van der Waals surface area contributed by atoms with Crippen LogP contribution in [0.4, 0.5) is 0 Å². The predicted octanol–water partition coefficient (Wildman–Crippen LogP) is 4.18. The minimum absolute atomic E-state index is 0.000954. The Balaban J connectivity index is 1.22. The zero-order valence-electron chi connectivity index (χ0n) is 20.1. The van der Waals surface area contributed by atoms with Crippen molar-refractivity contribution in [3.05, 3.63) is 107 Å². The fraction of sp³-hybridized carbons (Fsp3) is 0.214. The largest absolute Gasteiger partial charge is 0.351 e. The molecule has 36 heavy (non-hydrogen) atoms. The number of nitrogens with zero attached hydrogens (tertiary/aromatic N) is 4. The van der Waals surface area contributed by atoms with E-state index in [1.165, 1.54) is 17.3 Å². The van der Waals surface area contributed by atoms with Gasteiger partial charge >= 0.3 is 0 Å². The topological polar surface area (TPSA) is 80.1 Å². The SMILES string of the molecule is Cc1ncc2c(c1CNC(=O)CSc1ccccc1)CCN(C(=O)c1ccc(-n3cccn3)cc1)C2. The van der Waals surface area contributed by atoms with E-state index in [9.17, 15) is 9.59 Å². The summed E-state index contributed by atoms with van der Waals surface area (Å²) in [6, 6.07) is 19.3. The Kier molecular flexibility index (Phi) is 7.13. The van der Waals surface area contributed by atoms with E-state index in [0.29, 0.717) is 31.0 Å². The third-order valence-corrected chi connectivity index (χ3v) is 7.35. The summed E-state index contributed by atoms with van der Waals surface area (Å²) in [6.07, 6.45) is 6.19. The number of fused-ring (bicyclic) bond motifs is 1. The molecular formula is C28H27N5O2S. The summed E-state index contributed by atoms with van der Waals surface area (Å²) in [5, 5.41) is 7.28. The van der Waals surface area contributed by atoms with Crippen molar-refractivity contribution in [2.24, 2.45) is 0 Å². The molecule has 0 fully saturated rings. The van der Waals surface area contributed by atoms with E-state index >= 15 is 0 Å². The number of amides is 2. The molecule has 1 N–H and O–H groups in total. The Morgan fingerprint density at radius 3 is 2.61 bits per heavy atom. The molecule has 0 saturated heterocycles. The maximum Gasteiger partial charge on any atom is 0.254 e. The third-order valence-electron chi connectivity index (χ3n) is 6.34. The molecule has 0 spiro atoms. The maximum atomic E-state index is 13.2. The van der Waals surface area contributed by atoms with E-state index in [0.717, 1.165) is 33.8 Å². The van der Waals surface area contributed by atoms with E-state index in [1.807, 2.05) is 84.9 Å². The molecule has 5 rings (SSSR count). The summed E-state index contributed by atoms with van der Waals surface area (Å²) >= 11 is 1.52. The highest BCUT2D eigenvalue weighted by Gasteiger charge is 2.25. The van der Waals surface area contributed by atoms with E-state index in [1.54, 1.807) is 10.9 Å². The number of aromatic nitrogens is 3. The molecule has 0 aliphatic carbocycles. The second-order valence-corrected chi connectivity index (χ2v) is 9.73. The fourth-order valence-corrected chi connectivity index (χ4v) is 5.14. The molecule has 0 saturated carbocycles. The first-order valence-corrected chi connectivity index (χ1v) is 12.9. The van der Waals surface area contributed by atoms with Gasteiger partial charge in [-0.3, -0.25) is 14.6 Å². The number of carbonyl (C=O) groups is 2. The summed E-state index contributed by atoms with van der Waals surface area (Å²) in [7, 11) is 0. The summed E-state index contributed by atoms with van der Waals surface area (Å²) < 4.78 is 1.76. The van der Waals surface area contributed by atoms with Gasteiger partial charge in [0.15, 0.2) is 0 Å². The van der Waals surface area contributed by atoms with Crippen molar-refractivity contribution in [2.75, 3.05) is 12.3 Å². The molecule has 3 heterocycles. The average Bonchev–Trinajstić information content (AvgIpc) is 3.46. The number of pyridine rings is 1. The normalized spacial score (nSPS) is 12.8. The number of benzene rings is 2. The number of aryl methyl sites for hydroxylation is 1. The molecule has 2 amide bonds. The van der Waals surface area contributed by atoms with Crippen LogP contribution in [0.2, 0.25) is 0 Å². The van der Waals surface area contributed by atoms with Crippen LogP contribution in [-0.4, -0.2) is 43.8 Å². The number of carbonyl (C=O) groups excluding carboxylic acids is 2. The highest BCUT2D eigenvalue weighted by Crippen LogP contribution is 2.25. The van der Waals surface area contributed by atoms with Gasteiger partial charge in [0, 0.05) is 54.4 Å². The van der Waals surface area contributed by atoms with Crippen molar-refractivity contribution in [3.63, 3.8) is 0 Å². The molecular weight excluding hydrogens is 470 g/mol. The molecule has 2 aromatic carbocycles. The fourth-order valence-electron chi connectivity index (χ4n) is 4.39. The molecule has 8 heteroatoms. The predicted molar refractivity (Wildman–Crippen MR) is 140 cm³/mol. The van der Waals surface area contributed by atoms with Crippen LogP contribution >= 0.6 is 11.8 Å². The van der Waals surface area contributed by atoms with Gasteiger partial charge in [-0.15, -0.1) is 11.8 Å². The van der Waals surface area contributed by atoms with Crippen molar-refractivity contribution in [2.45, 2.75) is 31.3 Å². The molecule has 0 atom stereocenters. The van der Waals surface area contributed by atoms with Crippen LogP contribution in [0.1, 0.15) is 32.7 Å². The van der Waals surface area contributed by atoms with Crippen molar-refractivity contribution >= 4 is 23.6 Å². The van der Waals surface area contributed by atoms with Gasteiger partial charge < -0.3 is 10.2 Å². The smallest absolute Gasteiger partial charge is 0.254 e. The summed E-state index contributed by atoms with van der Waals surface area (Å²) in [5.41, 5.74) is 5.76. The van der Waals surface area contributed by atoms with Crippen LogP contribution in [0.3, 0.4) is 0 Å². The Bertz CT molecular complexity index is 1350. The summed E-state index contributed by atoms with van der Waals surface area (Å²) in [4.78, 5) is 33.1. The second-order valence-electron chi connectivity index (χ2n) is 8.68. The first-order valence-electron chi connectivity index (χ1n) is 11.9. The van der Waals surface area contributed by atoms with Crippen molar-refractivity contribution in [1.29, 1.82) is 0 Å². The number of rotatable bonds is 7. The van der Waals surface area contributed by atoms with Crippen LogP contribution in [0.5, 0.6) is 0 Å². The molecule has 1 aliphatic rings. The average molecular weight is 498 g/mol. The summed E-state index contributed by atoms with van der Waals surface area (Å²) in [5.74, 6) is 0.362. The van der Waals surface area contributed by atoms with Crippen LogP contribution < -0.4 is 5.32 Å². The lowest BCUT2D eigenvalue weighted by Gasteiger charge is -2.30. The van der Waals surface area contributed by atoms with Crippen LogP contribution in [0, 0.1) is 6.92 Å². The molecule has 7 nitrogen and oxygen atoms in total. The van der Waals surface area contributed by atoms with Gasteiger partial charge in [0.2, 0.25) is 5.91 Å². The number of hydrogen-bond acceptors (Lipinski definition) is 5. The van der Waals surface area contributed by atoms with Gasteiger partial charge in [0.1, 0.15) is 0 Å². The zero-order valence-corrected chi connectivity index (χ0v) is 20.9. The van der Waals surface area contributed by atoms with Gasteiger partial charge in [-0.1, -0.05) is 18.2 Å². The van der Waals surface area contributed by atoms with Crippen LogP contribution in [0.25, 0.3) is 5.69 Å². The van der Waals surface area contributed by atoms with Gasteiger partial charge in [0.05, 0.1) is 11.4 Å². The highest BCUT2D eigenvalue weighted by atomic mass is 32.2. The molecule has 4 aromatic rings. The number of hydrogen-bond donors (Lipinski definition) is 1. The van der Waals surface area contributed by atoms with Gasteiger partial charge in [0.25, 0.3) is 5.91 Å². The lowest BCUT2D eigenvalue weighted by molar-refractivity contribution is -0.118. The zero-order chi connectivity index (χ0) is 24.9. The van der Waals surface area contributed by atoms with Crippen LogP contribution in [-0.2, 0) is 24.3 Å². The van der Waals surface area contributed by atoms with E-state index in [-0.39, 0.29) is 11.8 Å². The lowest BCUT2D eigenvalue weighted by Crippen LogP contribution is -2.37. The van der Waals surface area contributed by atoms with Crippen molar-refractivity contribution < 1.29 is 9.59 Å². The third kappa shape index (κ3) is 5.33. The second kappa shape index (κ2) is 10.8. The Morgan fingerprint density at radius 1 is 1.06 bits per heavy atom. The quantitative estimate of drug-likeness (QED) is 0.388. The van der Waals surface area contributed by atoms with Gasteiger partial charge in [-0.2, -0.15) is 5.10 Å². The first-order chi connectivity index (χ1) is 17.6. The van der Waals surface area contributed by atoms with Crippen molar-refractivity contribution in [1.82, 2.24) is 25.0 Å². The first kappa shape index (κ1) is 23.8. The Labute approximate surface area is 214 Å². The Morgan fingerprint density at radius 2 is 1.86 bits per heavy atom. The van der Waals surface area contributed by atoms with E-state index in [4.69, 9.17) is 0 Å². The standard InChI is InChI=1S/C28H27N5O2S/c1-20-26(17-30-27(34)19-36-24-6-3-2-4-7-24)25-12-15-32(18-22(25)16-29-20)28(35)21-8-10-23(11-9-21)33-14-5-13-31-33/h2-11,13-14,16H,12,15,17-19H2,1H3,(H,30,34). The monoisotopic (exact) mass is 497 g/mol.